The van der Waals surface area contributed by atoms with Crippen molar-refractivity contribution < 1.29 is 10.0 Å². The van der Waals surface area contributed by atoms with Crippen LogP contribution in [0, 0.1) is 13.8 Å². The molecule has 0 spiro atoms. The highest BCUT2D eigenvalue weighted by Gasteiger charge is 2.37. The van der Waals surface area contributed by atoms with Gasteiger partial charge >= 0.3 is 0 Å². The number of benzene rings is 2. The number of carbonyl (C=O) groups excluding carboxylic acids is 1. The second kappa shape index (κ2) is 8.95. The van der Waals surface area contributed by atoms with E-state index < -0.39 is 5.41 Å². The van der Waals surface area contributed by atoms with Crippen LogP contribution in [0.5, 0.6) is 0 Å². The SMILES string of the molecule is CC(=O)N1CC(c2ccc([C@](C/C=N/O)(c3ccnc(C)c3)c3ccccc3C)cc2)C1. The van der Waals surface area contributed by atoms with Crippen LogP contribution in [0.3, 0.4) is 0 Å². The van der Waals surface area contributed by atoms with Gasteiger partial charge in [-0.05, 0) is 53.8 Å². The molecular weight excluding hydrogens is 398 g/mol. The lowest BCUT2D eigenvalue weighted by Gasteiger charge is -2.40. The number of pyridine rings is 1. The molecule has 5 heteroatoms. The highest BCUT2D eigenvalue weighted by molar-refractivity contribution is 5.74. The number of oxime groups is 1. The van der Waals surface area contributed by atoms with E-state index in [4.69, 9.17) is 0 Å². The van der Waals surface area contributed by atoms with Gasteiger partial charge in [0.25, 0.3) is 0 Å². The van der Waals surface area contributed by atoms with Gasteiger partial charge in [0.15, 0.2) is 0 Å². The van der Waals surface area contributed by atoms with Crippen LogP contribution >= 0.6 is 0 Å². The standard InChI is InChI=1S/C27H29N3O2/c1-19-6-4-5-7-26(19)27(13-15-29-32,25-12-14-28-20(2)16-25)24-10-8-22(9-11-24)23-17-30(18-23)21(3)31/h4-12,14-16,23,32H,13,17-18H2,1-3H3/b29-15+/t27-/m1/s1. The molecule has 0 bridgehead atoms. The van der Waals surface area contributed by atoms with E-state index >= 15 is 0 Å². The molecule has 0 unspecified atom stereocenters. The third-order valence-corrected chi connectivity index (χ3v) is 6.68. The van der Waals surface area contributed by atoms with Crippen LogP contribution in [0.1, 0.15) is 52.8 Å². The van der Waals surface area contributed by atoms with Gasteiger partial charge in [0, 0.05) is 50.5 Å². The van der Waals surface area contributed by atoms with Crippen LogP contribution in [0.2, 0.25) is 0 Å². The summed E-state index contributed by atoms with van der Waals surface area (Å²) in [6, 6.07) is 21.2. The zero-order valence-electron chi connectivity index (χ0n) is 18.8. The average molecular weight is 428 g/mol. The van der Waals surface area contributed by atoms with Crippen LogP contribution in [0.25, 0.3) is 0 Å². The predicted octanol–water partition coefficient (Wildman–Crippen LogP) is 4.83. The van der Waals surface area contributed by atoms with Gasteiger partial charge in [0.2, 0.25) is 5.91 Å². The number of nitrogens with zero attached hydrogens (tertiary/aromatic N) is 3. The minimum absolute atomic E-state index is 0.132. The Hall–Kier alpha value is -3.47. The first-order chi connectivity index (χ1) is 15.5. The summed E-state index contributed by atoms with van der Waals surface area (Å²) < 4.78 is 0. The van der Waals surface area contributed by atoms with Crippen LogP contribution in [0.15, 0.2) is 72.0 Å². The van der Waals surface area contributed by atoms with E-state index in [1.165, 1.54) is 16.7 Å². The monoisotopic (exact) mass is 427 g/mol. The fourth-order valence-electron chi connectivity index (χ4n) is 4.85. The summed E-state index contributed by atoms with van der Waals surface area (Å²) in [5.41, 5.74) is 6.25. The topological polar surface area (TPSA) is 65.8 Å². The summed E-state index contributed by atoms with van der Waals surface area (Å²) in [5, 5.41) is 12.7. The first kappa shape index (κ1) is 21.8. The van der Waals surface area contributed by atoms with Crippen molar-refractivity contribution in [1.29, 1.82) is 0 Å². The molecule has 0 saturated carbocycles. The van der Waals surface area contributed by atoms with E-state index in [0.717, 1.165) is 29.9 Å². The fourth-order valence-corrected chi connectivity index (χ4v) is 4.85. The summed E-state index contributed by atoms with van der Waals surface area (Å²) in [7, 11) is 0. The molecule has 1 aromatic heterocycles. The summed E-state index contributed by atoms with van der Waals surface area (Å²) in [4.78, 5) is 17.8. The van der Waals surface area contributed by atoms with Crippen molar-refractivity contribution in [3.8, 4) is 0 Å². The minimum atomic E-state index is -0.519. The van der Waals surface area contributed by atoms with Crippen LogP contribution in [0.4, 0.5) is 0 Å². The molecule has 1 aliphatic heterocycles. The van der Waals surface area contributed by atoms with Crippen LogP contribution in [-0.2, 0) is 10.2 Å². The Morgan fingerprint density at radius 1 is 1.12 bits per heavy atom. The summed E-state index contributed by atoms with van der Waals surface area (Å²) in [6.45, 7) is 7.28. The van der Waals surface area contributed by atoms with Crippen molar-refractivity contribution in [3.63, 3.8) is 0 Å². The lowest BCUT2D eigenvalue weighted by molar-refractivity contribution is -0.133. The minimum Gasteiger partial charge on any atom is -0.411 e. The number of carbonyl (C=O) groups is 1. The average Bonchev–Trinajstić information content (AvgIpc) is 2.75. The Labute approximate surface area is 189 Å². The van der Waals surface area contributed by atoms with Crippen molar-refractivity contribution in [2.45, 2.75) is 38.5 Å². The van der Waals surface area contributed by atoms with E-state index in [0.29, 0.717) is 12.3 Å². The fraction of sp³-hybridized carbons (Fsp3) is 0.296. The van der Waals surface area contributed by atoms with Gasteiger partial charge in [0.05, 0.1) is 5.41 Å². The first-order valence-electron chi connectivity index (χ1n) is 11.0. The number of rotatable bonds is 6. The zero-order valence-corrected chi connectivity index (χ0v) is 18.8. The third kappa shape index (κ3) is 3.91. The molecule has 1 fully saturated rings. The van der Waals surface area contributed by atoms with Crippen molar-refractivity contribution in [2.24, 2.45) is 5.16 Å². The van der Waals surface area contributed by atoms with Gasteiger partial charge in [-0.25, -0.2) is 0 Å². The van der Waals surface area contributed by atoms with E-state index in [9.17, 15) is 10.0 Å². The smallest absolute Gasteiger partial charge is 0.219 e. The number of amides is 1. The molecule has 1 saturated heterocycles. The highest BCUT2D eigenvalue weighted by atomic mass is 16.4. The highest BCUT2D eigenvalue weighted by Crippen LogP contribution is 2.43. The second-order valence-electron chi connectivity index (χ2n) is 8.65. The number of hydrogen-bond acceptors (Lipinski definition) is 4. The molecule has 2 aromatic carbocycles. The lowest BCUT2D eigenvalue weighted by atomic mass is 9.66. The summed E-state index contributed by atoms with van der Waals surface area (Å²) in [6.07, 6.45) is 3.93. The molecule has 5 nitrogen and oxygen atoms in total. The van der Waals surface area contributed by atoms with E-state index in [1.807, 2.05) is 24.1 Å². The maximum Gasteiger partial charge on any atom is 0.219 e. The molecule has 1 N–H and O–H groups in total. The van der Waals surface area contributed by atoms with E-state index in [2.05, 4.69) is 71.7 Å². The molecule has 1 atom stereocenters. The number of likely N-dealkylation sites (tertiary alicyclic amines) is 1. The Morgan fingerprint density at radius 2 is 1.84 bits per heavy atom. The molecule has 0 aliphatic carbocycles. The lowest BCUT2D eigenvalue weighted by Crippen LogP contribution is -2.47. The van der Waals surface area contributed by atoms with Gasteiger partial charge in [-0.3, -0.25) is 9.78 Å². The Balaban J connectivity index is 1.84. The number of aryl methyl sites for hydroxylation is 2. The van der Waals surface area contributed by atoms with E-state index in [1.54, 1.807) is 13.1 Å². The van der Waals surface area contributed by atoms with Crippen molar-refractivity contribution >= 4 is 12.1 Å². The Morgan fingerprint density at radius 3 is 2.47 bits per heavy atom. The number of hydrogen-bond donors (Lipinski definition) is 1. The first-order valence-corrected chi connectivity index (χ1v) is 11.0. The van der Waals surface area contributed by atoms with Crippen molar-refractivity contribution in [2.75, 3.05) is 13.1 Å². The Bertz CT molecular complexity index is 1130. The van der Waals surface area contributed by atoms with Gasteiger partial charge in [-0.1, -0.05) is 48.5 Å². The van der Waals surface area contributed by atoms with Crippen LogP contribution < -0.4 is 0 Å². The molecule has 3 aromatic rings. The molecule has 32 heavy (non-hydrogen) atoms. The normalized spacial score (nSPS) is 16.0. The summed E-state index contributed by atoms with van der Waals surface area (Å²) >= 11 is 0. The predicted molar refractivity (Wildman–Crippen MR) is 126 cm³/mol. The third-order valence-electron chi connectivity index (χ3n) is 6.68. The number of aromatic nitrogens is 1. The molecule has 0 radical (unpaired) electrons. The molecule has 4 rings (SSSR count). The molecule has 164 valence electrons. The maximum absolute atomic E-state index is 11.6. The molecule has 1 amide bonds. The van der Waals surface area contributed by atoms with Crippen molar-refractivity contribution in [1.82, 2.24) is 9.88 Å². The summed E-state index contributed by atoms with van der Waals surface area (Å²) in [5.74, 6) is 0.510. The Kier molecular flexibility index (Phi) is 6.08. The van der Waals surface area contributed by atoms with E-state index in [-0.39, 0.29) is 5.91 Å². The van der Waals surface area contributed by atoms with Gasteiger partial charge in [-0.2, -0.15) is 0 Å². The zero-order chi connectivity index (χ0) is 22.7. The maximum atomic E-state index is 11.6. The second-order valence-corrected chi connectivity index (χ2v) is 8.65. The molecule has 2 heterocycles. The van der Waals surface area contributed by atoms with Gasteiger partial charge < -0.3 is 10.1 Å². The largest absolute Gasteiger partial charge is 0.411 e. The van der Waals surface area contributed by atoms with Crippen molar-refractivity contribution in [3.05, 3.63) is 100 Å². The molecular formula is C27H29N3O2. The van der Waals surface area contributed by atoms with Gasteiger partial charge in [-0.15, -0.1) is 5.16 Å². The molecule has 1 aliphatic rings. The van der Waals surface area contributed by atoms with Gasteiger partial charge in [0.1, 0.15) is 0 Å². The quantitative estimate of drug-likeness (QED) is 0.348. The van der Waals surface area contributed by atoms with Crippen LogP contribution in [-0.4, -0.2) is 40.3 Å².